The number of fused-ring (bicyclic) bond motifs is 1. The summed E-state index contributed by atoms with van der Waals surface area (Å²) in [4.78, 5) is 5.06. The first-order chi connectivity index (χ1) is 15.7. The second-order valence-corrected chi connectivity index (χ2v) is 8.89. The van der Waals surface area contributed by atoms with E-state index >= 15 is 0 Å². The topological polar surface area (TPSA) is 17.8 Å². The van der Waals surface area contributed by atoms with E-state index < -0.39 is 0 Å². The molecule has 4 aromatic carbocycles. The third kappa shape index (κ3) is 4.22. The number of nitrogens with zero attached hydrogens (tertiary/aromatic N) is 2. The molecule has 0 amide bonds. The molecule has 0 radical (unpaired) electrons. The molecular weight excluding hydrogens is 388 g/mol. The summed E-state index contributed by atoms with van der Waals surface area (Å²) < 4.78 is 2.31. The van der Waals surface area contributed by atoms with Gasteiger partial charge in [0.25, 0.3) is 0 Å². The fourth-order valence-corrected chi connectivity index (χ4v) is 4.43. The highest BCUT2D eigenvalue weighted by molar-refractivity contribution is 5.83. The molecule has 0 saturated carbocycles. The number of hydrogen-bond donors (Lipinski definition) is 0. The predicted molar refractivity (Wildman–Crippen MR) is 134 cm³/mol. The summed E-state index contributed by atoms with van der Waals surface area (Å²) in [5, 5.41) is 0. The van der Waals surface area contributed by atoms with Crippen molar-refractivity contribution in [1.29, 1.82) is 0 Å². The fraction of sp³-hybridized carbons (Fsp3) is 0.167. The van der Waals surface area contributed by atoms with Crippen molar-refractivity contribution in [3.8, 4) is 17.1 Å². The van der Waals surface area contributed by atoms with Crippen LogP contribution in [-0.2, 0) is 12.8 Å². The van der Waals surface area contributed by atoms with Crippen LogP contribution in [0.1, 0.15) is 30.5 Å². The normalized spacial score (nSPS) is 11.3. The molecule has 158 valence electrons. The van der Waals surface area contributed by atoms with E-state index in [1.165, 1.54) is 22.4 Å². The van der Waals surface area contributed by atoms with Crippen molar-refractivity contribution in [2.75, 3.05) is 0 Å². The number of hydrogen-bond acceptors (Lipinski definition) is 1. The van der Waals surface area contributed by atoms with E-state index in [-0.39, 0.29) is 0 Å². The highest BCUT2D eigenvalue weighted by Gasteiger charge is 2.15. The van der Waals surface area contributed by atoms with Crippen LogP contribution >= 0.6 is 0 Å². The molecule has 1 aromatic heterocycles. The Morgan fingerprint density at radius 3 is 2.25 bits per heavy atom. The van der Waals surface area contributed by atoms with Gasteiger partial charge in [-0.2, -0.15) is 0 Å². The Hall–Kier alpha value is -3.65. The first-order valence-electron chi connectivity index (χ1n) is 11.4. The Balaban J connectivity index is 1.62. The van der Waals surface area contributed by atoms with Crippen LogP contribution in [-0.4, -0.2) is 9.55 Å². The molecule has 32 heavy (non-hydrogen) atoms. The molecule has 2 nitrogen and oxygen atoms in total. The molecule has 0 N–H and O–H groups in total. The average Bonchev–Trinajstić information content (AvgIpc) is 3.19. The zero-order valence-electron chi connectivity index (χ0n) is 18.7. The second kappa shape index (κ2) is 8.84. The molecule has 0 aliphatic carbocycles. The van der Waals surface area contributed by atoms with E-state index in [9.17, 15) is 0 Å². The van der Waals surface area contributed by atoms with Crippen LogP contribution < -0.4 is 0 Å². The summed E-state index contributed by atoms with van der Waals surface area (Å²) in [5.41, 5.74) is 8.44. The van der Waals surface area contributed by atoms with Crippen molar-refractivity contribution in [3.05, 3.63) is 120 Å². The SMILES string of the molecule is CC(C)Cc1cccc(-n2c(-c3cccc(Cc4ccccc4)c3)nc3ccccc32)c1. The van der Waals surface area contributed by atoms with Gasteiger partial charge in [0.2, 0.25) is 0 Å². The van der Waals surface area contributed by atoms with Gasteiger partial charge in [-0.1, -0.05) is 86.6 Å². The van der Waals surface area contributed by atoms with E-state index in [0.717, 1.165) is 35.3 Å². The lowest BCUT2D eigenvalue weighted by molar-refractivity contribution is 0.647. The maximum Gasteiger partial charge on any atom is 0.145 e. The Labute approximate surface area is 190 Å². The first-order valence-corrected chi connectivity index (χ1v) is 11.4. The van der Waals surface area contributed by atoms with E-state index in [1.54, 1.807) is 0 Å². The first kappa shape index (κ1) is 20.3. The van der Waals surface area contributed by atoms with Gasteiger partial charge in [0.1, 0.15) is 5.82 Å². The molecule has 2 heteroatoms. The lowest BCUT2D eigenvalue weighted by Crippen LogP contribution is -2.00. The molecule has 0 aliphatic rings. The number of aromatic nitrogens is 2. The van der Waals surface area contributed by atoms with Crippen molar-refractivity contribution >= 4 is 11.0 Å². The molecule has 0 fully saturated rings. The molecule has 5 aromatic rings. The molecule has 0 bridgehead atoms. The van der Waals surface area contributed by atoms with E-state index in [2.05, 4.69) is 122 Å². The lowest BCUT2D eigenvalue weighted by atomic mass is 10.0. The number of rotatable bonds is 6. The van der Waals surface area contributed by atoms with Gasteiger partial charge in [-0.05, 0) is 65.8 Å². The van der Waals surface area contributed by atoms with E-state index in [0.29, 0.717) is 5.92 Å². The van der Waals surface area contributed by atoms with Gasteiger partial charge in [-0.3, -0.25) is 4.57 Å². The minimum atomic E-state index is 0.624. The van der Waals surface area contributed by atoms with Crippen LogP contribution in [0.2, 0.25) is 0 Å². The number of imidazole rings is 1. The van der Waals surface area contributed by atoms with Crippen molar-refractivity contribution < 1.29 is 0 Å². The predicted octanol–water partition coefficient (Wildman–Crippen LogP) is 7.48. The van der Waals surface area contributed by atoms with Crippen LogP contribution in [0.15, 0.2) is 103 Å². The largest absolute Gasteiger partial charge is 0.292 e. The Morgan fingerprint density at radius 1 is 0.688 bits per heavy atom. The molecule has 5 rings (SSSR count). The van der Waals surface area contributed by atoms with Gasteiger partial charge in [0.05, 0.1) is 11.0 Å². The average molecular weight is 417 g/mol. The molecule has 0 atom stereocenters. The monoisotopic (exact) mass is 416 g/mol. The maximum atomic E-state index is 5.06. The summed E-state index contributed by atoms with van der Waals surface area (Å²) in [7, 11) is 0. The summed E-state index contributed by atoms with van der Waals surface area (Å²) >= 11 is 0. The molecule has 0 aliphatic heterocycles. The van der Waals surface area contributed by atoms with Gasteiger partial charge >= 0.3 is 0 Å². The van der Waals surface area contributed by atoms with Gasteiger partial charge < -0.3 is 0 Å². The fourth-order valence-electron chi connectivity index (χ4n) is 4.43. The minimum Gasteiger partial charge on any atom is -0.292 e. The molecule has 1 heterocycles. The Bertz CT molecular complexity index is 1350. The maximum absolute atomic E-state index is 5.06. The zero-order valence-corrected chi connectivity index (χ0v) is 18.7. The van der Waals surface area contributed by atoms with Crippen LogP contribution in [0.3, 0.4) is 0 Å². The quantitative estimate of drug-likeness (QED) is 0.280. The second-order valence-electron chi connectivity index (χ2n) is 8.89. The smallest absolute Gasteiger partial charge is 0.145 e. The van der Waals surface area contributed by atoms with Crippen molar-refractivity contribution in [2.24, 2.45) is 5.92 Å². The van der Waals surface area contributed by atoms with Crippen molar-refractivity contribution in [2.45, 2.75) is 26.7 Å². The molecular formula is C30H28N2. The number of benzene rings is 4. The Kier molecular flexibility index (Phi) is 5.60. The standard InChI is InChI=1S/C30H28N2/c1-22(2)18-24-13-9-15-27(21-24)32-29-17-7-6-16-28(29)31-30(32)26-14-8-12-25(20-26)19-23-10-4-3-5-11-23/h3-17,20-22H,18-19H2,1-2H3. The van der Waals surface area contributed by atoms with Crippen LogP contribution in [0.4, 0.5) is 0 Å². The van der Waals surface area contributed by atoms with Crippen molar-refractivity contribution in [3.63, 3.8) is 0 Å². The van der Waals surface area contributed by atoms with Gasteiger partial charge in [0, 0.05) is 11.3 Å². The highest BCUT2D eigenvalue weighted by Crippen LogP contribution is 2.30. The van der Waals surface area contributed by atoms with Crippen LogP contribution in [0, 0.1) is 5.92 Å². The van der Waals surface area contributed by atoms with E-state index in [4.69, 9.17) is 4.98 Å². The third-order valence-electron chi connectivity index (χ3n) is 5.81. The minimum absolute atomic E-state index is 0.624. The summed E-state index contributed by atoms with van der Waals surface area (Å²) in [6.45, 7) is 4.53. The van der Waals surface area contributed by atoms with Gasteiger partial charge in [0.15, 0.2) is 0 Å². The highest BCUT2D eigenvalue weighted by atomic mass is 15.1. The third-order valence-corrected chi connectivity index (χ3v) is 5.81. The lowest BCUT2D eigenvalue weighted by Gasteiger charge is -2.13. The van der Waals surface area contributed by atoms with Crippen molar-refractivity contribution in [1.82, 2.24) is 9.55 Å². The molecule has 0 saturated heterocycles. The Morgan fingerprint density at radius 2 is 1.41 bits per heavy atom. The van der Waals surface area contributed by atoms with Gasteiger partial charge in [-0.15, -0.1) is 0 Å². The van der Waals surface area contributed by atoms with Crippen LogP contribution in [0.5, 0.6) is 0 Å². The van der Waals surface area contributed by atoms with E-state index in [1.807, 2.05) is 0 Å². The summed E-state index contributed by atoms with van der Waals surface area (Å²) in [6.07, 6.45) is 1.99. The van der Waals surface area contributed by atoms with Crippen LogP contribution in [0.25, 0.3) is 28.1 Å². The van der Waals surface area contributed by atoms with Gasteiger partial charge in [-0.25, -0.2) is 4.98 Å². The molecule has 0 spiro atoms. The summed E-state index contributed by atoms with van der Waals surface area (Å²) in [6, 6.07) is 36.7. The number of para-hydroxylation sites is 2. The summed E-state index contributed by atoms with van der Waals surface area (Å²) in [5.74, 6) is 1.61. The molecule has 0 unspecified atom stereocenters. The zero-order chi connectivity index (χ0) is 21.9.